The van der Waals surface area contributed by atoms with Crippen molar-refractivity contribution < 1.29 is 13.2 Å². The maximum Gasteiger partial charge on any atom is 0.261 e. The first-order chi connectivity index (χ1) is 8.50. The lowest BCUT2D eigenvalue weighted by Crippen LogP contribution is -2.26. The summed E-state index contributed by atoms with van der Waals surface area (Å²) in [4.78, 5) is 4.16. The van der Waals surface area contributed by atoms with Gasteiger partial charge < -0.3 is 15.4 Å². The molecule has 1 aliphatic rings. The summed E-state index contributed by atoms with van der Waals surface area (Å²) in [6.45, 7) is 1.43. The summed E-state index contributed by atoms with van der Waals surface area (Å²) in [5, 5.41) is 5.98. The average Bonchev–Trinajstić information content (AvgIpc) is 2.80. The molecule has 1 aliphatic heterocycles. The molecular formula is C10H12ClN3O3S. The van der Waals surface area contributed by atoms with Gasteiger partial charge in [-0.2, -0.15) is 0 Å². The van der Waals surface area contributed by atoms with E-state index in [0.717, 1.165) is 6.54 Å². The van der Waals surface area contributed by atoms with Crippen LogP contribution in [-0.2, 0) is 9.05 Å². The SMILES string of the molecule is COc1ccc(S(=O)(=O)Cl)cc1NC1=NCCN1. The van der Waals surface area contributed by atoms with Crippen molar-refractivity contribution in [2.75, 3.05) is 25.5 Å². The quantitative estimate of drug-likeness (QED) is 0.811. The second kappa shape index (κ2) is 5.03. The van der Waals surface area contributed by atoms with Crippen LogP contribution in [0.2, 0.25) is 0 Å². The molecule has 0 unspecified atom stereocenters. The van der Waals surface area contributed by atoms with Crippen LogP contribution in [0, 0.1) is 0 Å². The molecule has 0 fully saturated rings. The molecule has 8 heteroatoms. The Morgan fingerprint density at radius 1 is 1.50 bits per heavy atom. The first kappa shape index (κ1) is 13.0. The summed E-state index contributed by atoms with van der Waals surface area (Å²) in [6, 6.07) is 4.33. The fourth-order valence-electron chi connectivity index (χ4n) is 1.55. The molecule has 1 heterocycles. The highest BCUT2D eigenvalue weighted by Gasteiger charge is 2.15. The third kappa shape index (κ3) is 2.85. The van der Waals surface area contributed by atoms with E-state index in [0.29, 0.717) is 23.9 Å². The number of anilines is 1. The van der Waals surface area contributed by atoms with E-state index in [9.17, 15) is 8.42 Å². The first-order valence-corrected chi connectivity index (χ1v) is 7.49. The molecule has 6 nitrogen and oxygen atoms in total. The minimum Gasteiger partial charge on any atom is -0.495 e. The number of ether oxygens (including phenoxy) is 1. The Kier molecular flexibility index (Phi) is 3.63. The fourth-order valence-corrected chi connectivity index (χ4v) is 2.32. The lowest BCUT2D eigenvalue weighted by Gasteiger charge is -2.12. The Hall–Kier alpha value is -1.47. The largest absolute Gasteiger partial charge is 0.495 e. The van der Waals surface area contributed by atoms with Crippen molar-refractivity contribution in [1.82, 2.24) is 5.32 Å². The second-order valence-corrected chi connectivity index (χ2v) is 6.15. The minimum atomic E-state index is -3.77. The second-order valence-electron chi connectivity index (χ2n) is 3.58. The number of rotatable bonds is 3. The van der Waals surface area contributed by atoms with Crippen LogP contribution in [0.4, 0.5) is 5.69 Å². The van der Waals surface area contributed by atoms with Gasteiger partial charge in [-0.15, -0.1) is 0 Å². The van der Waals surface area contributed by atoms with Gasteiger partial charge in [0.1, 0.15) is 5.75 Å². The Balaban J connectivity index is 2.36. The lowest BCUT2D eigenvalue weighted by atomic mass is 10.3. The van der Waals surface area contributed by atoms with Crippen molar-refractivity contribution in [1.29, 1.82) is 0 Å². The molecule has 0 amide bonds. The molecule has 18 heavy (non-hydrogen) atoms. The van der Waals surface area contributed by atoms with E-state index in [2.05, 4.69) is 15.6 Å². The maximum atomic E-state index is 11.3. The molecule has 0 spiro atoms. The summed E-state index contributed by atoms with van der Waals surface area (Å²) in [5.74, 6) is 1.09. The zero-order valence-corrected chi connectivity index (χ0v) is 11.2. The van der Waals surface area contributed by atoms with Crippen molar-refractivity contribution in [3.63, 3.8) is 0 Å². The van der Waals surface area contributed by atoms with Crippen LogP contribution in [0.3, 0.4) is 0 Å². The predicted molar refractivity (Wildman–Crippen MR) is 70.0 cm³/mol. The van der Waals surface area contributed by atoms with Crippen LogP contribution in [0.25, 0.3) is 0 Å². The van der Waals surface area contributed by atoms with E-state index in [1.165, 1.54) is 25.3 Å². The average molecular weight is 290 g/mol. The van der Waals surface area contributed by atoms with Gasteiger partial charge in [-0.25, -0.2) is 8.42 Å². The number of halogens is 1. The van der Waals surface area contributed by atoms with Gasteiger partial charge in [0.05, 0.1) is 24.2 Å². The molecule has 0 aromatic heterocycles. The number of nitrogens with zero attached hydrogens (tertiary/aromatic N) is 1. The smallest absolute Gasteiger partial charge is 0.261 e. The summed E-state index contributed by atoms with van der Waals surface area (Å²) in [7, 11) is 3.03. The monoisotopic (exact) mass is 289 g/mol. The van der Waals surface area contributed by atoms with Gasteiger partial charge in [0.15, 0.2) is 5.96 Å². The van der Waals surface area contributed by atoms with Crippen LogP contribution < -0.4 is 15.4 Å². The number of nitrogens with one attached hydrogen (secondary N) is 2. The highest BCUT2D eigenvalue weighted by atomic mass is 35.7. The summed E-state index contributed by atoms with van der Waals surface area (Å²) in [6.07, 6.45) is 0. The number of hydrogen-bond donors (Lipinski definition) is 2. The maximum absolute atomic E-state index is 11.3. The normalized spacial score (nSPS) is 14.9. The van der Waals surface area contributed by atoms with Crippen LogP contribution >= 0.6 is 10.7 Å². The molecule has 0 saturated carbocycles. The zero-order valence-electron chi connectivity index (χ0n) is 9.60. The van der Waals surface area contributed by atoms with Gasteiger partial charge in [-0.3, -0.25) is 4.99 Å². The van der Waals surface area contributed by atoms with E-state index in [4.69, 9.17) is 15.4 Å². The van der Waals surface area contributed by atoms with Crippen molar-refractivity contribution in [2.45, 2.75) is 4.90 Å². The number of guanidine groups is 1. The predicted octanol–water partition coefficient (Wildman–Crippen LogP) is 0.994. The molecule has 2 rings (SSSR count). The van der Waals surface area contributed by atoms with Crippen molar-refractivity contribution in [3.8, 4) is 5.75 Å². The highest BCUT2D eigenvalue weighted by Crippen LogP contribution is 2.28. The van der Waals surface area contributed by atoms with E-state index in [1.807, 2.05) is 0 Å². The Morgan fingerprint density at radius 2 is 2.28 bits per heavy atom. The fraction of sp³-hybridized carbons (Fsp3) is 0.300. The van der Waals surface area contributed by atoms with Gasteiger partial charge in [0.2, 0.25) is 0 Å². The summed E-state index contributed by atoms with van der Waals surface area (Å²) >= 11 is 0. The van der Waals surface area contributed by atoms with E-state index in [-0.39, 0.29) is 4.90 Å². The van der Waals surface area contributed by atoms with Gasteiger partial charge >= 0.3 is 0 Å². The Labute approximate surface area is 109 Å². The van der Waals surface area contributed by atoms with Crippen molar-refractivity contribution in [3.05, 3.63) is 18.2 Å². The zero-order chi connectivity index (χ0) is 13.2. The standard InChI is InChI=1S/C10H12ClN3O3S/c1-17-9-3-2-7(18(11,15)16)6-8(9)14-10-12-4-5-13-10/h2-3,6H,4-5H2,1H3,(H2,12,13,14). The summed E-state index contributed by atoms with van der Waals surface area (Å²) in [5.41, 5.74) is 0.493. The highest BCUT2D eigenvalue weighted by molar-refractivity contribution is 8.13. The minimum absolute atomic E-state index is 0.00561. The van der Waals surface area contributed by atoms with E-state index in [1.54, 1.807) is 0 Å². The molecule has 0 aliphatic carbocycles. The van der Waals surface area contributed by atoms with Crippen LogP contribution in [0.1, 0.15) is 0 Å². The number of aliphatic imine (C=N–C) groups is 1. The molecule has 0 saturated heterocycles. The van der Waals surface area contributed by atoms with Gasteiger partial charge in [0, 0.05) is 17.2 Å². The van der Waals surface area contributed by atoms with E-state index >= 15 is 0 Å². The summed E-state index contributed by atoms with van der Waals surface area (Å²) < 4.78 is 27.7. The van der Waals surface area contributed by atoms with Gasteiger partial charge in [0.25, 0.3) is 9.05 Å². The topological polar surface area (TPSA) is 79.8 Å². The van der Waals surface area contributed by atoms with Crippen LogP contribution in [0.15, 0.2) is 28.1 Å². The number of hydrogen-bond acceptors (Lipinski definition) is 6. The number of benzene rings is 1. The van der Waals surface area contributed by atoms with Gasteiger partial charge in [-0.05, 0) is 18.2 Å². The third-order valence-electron chi connectivity index (χ3n) is 2.38. The molecule has 1 aromatic rings. The Bertz CT molecular complexity index is 586. The van der Waals surface area contributed by atoms with Crippen molar-refractivity contribution in [2.24, 2.45) is 4.99 Å². The molecular weight excluding hydrogens is 278 g/mol. The van der Waals surface area contributed by atoms with Gasteiger partial charge in [-0.1, -0.05) is 0 Å². The lowest BCUT2D eigenvalue weighted by molar-refractivity contribution is 0.416. The Morgan fingerprint density at radius 3 is 2.83 bits per heavy atom. The van der Waals surface area contributed by atoms with Crippen LogP contribution in [0.5, 0.6) is 5.75 Å². The molecule has 0 bridgehead atoms. The van der Waals surface area contributed by atoms with E-state index < -0.39 is 9.05 Å². The molecule has 2 N–H and O–H groups in total. The molecule has 98 valence electrons. The number of methoxy groups -OCH3 is 1. The van der Waals surface area contributed by atoms with Crippen molar-refractivity contribution >= 4 is 31.4 Å². The van der Waals surface area contributed by atoms with Crippen LogP contribution in [-0.4, -0.2) is 34.6 Å². The first-order valence-electron chi connectivity index (χ1n) is 5.19. The molecule has 0 atom stereocenters. The molecule has 1 aromatic carbocycles. The third-order valence-corrected chi connectivity index (χ3v) is 3.73. The molecule has 0 radical (unpaired) electrons.